The predicted octanol–water partition coefficient (Wildman–Crippen LogP) is 1.96. The van der Waals surface area contributed by atoms with Crippen molar-refractivity contribution in [2.24, 2.45) is 5.73 Å². The van der Waals surface area contributed by atoms with Gasteiger partial charge in [0, 0.05) is 25.4 Å². The van der Waals surface area contributed by atoms with E-state index >= 15 is 0 Å². The normalized spacial score (nSPS) is 18.9. The van der Waals surface area contributed by atoms with Crippen molar-refractivity contribution >= 4 is 11.6 Å². The number of primary amides is 1. The third-order valence-corrected chi connectivity index (χ3v) is 5.22. The topological polar surface area (TPSA) is 107 Å². The Morgan fingerprint density at radius 2 is 2.17 bits per heavy atom. The molecule has 1 aliphatic rings. The number of nitrogens with zero attached hydrogens (tertiary/aromatic N) is 3. The molecule has 4 rings (SSSR count). The molecule has 1 amide bonds. The number of aromatic nitrogens is 3. The average molecular weight is 410 g/mol. The summed E-state index contributed by atoms with van der Waals surface area (Å²) in [5, 5.41) is 11.2. The van der Waals surface area contributed by atoms with Gasteiger partial charge in [0.05, 0.1) is 47.7 Å². The van der Waals surface area contributed by atoms with Gasteiger partial charge in [-0.3, -0.25) is 9.78 Å². The SMILES string of the molecule is CO[C@@H]1CNCC[C@@H]1Nc1cncc(-n2cc(-c3ccc(F)c(C(N)=O)c3)cn2)c1. The van der Waals surface area contributed by atoms with Gasteiger partial charge in [-0.25, -0.2) is 9.07 Å². The first-order valence-corrected chi connectivity index (χ1v) is 9.65. The molecular weight excluding hydrogens is 387 g/mol. The van der Waals surface area contributed by atoms with E-state index in [0.717, 1.165) is 36.4 Å². The molecule has 2 aromatic heterocycles. The van der Waals surface area contributed by atoms with E-state index in [1.165, 1.54) is 12.1 Å². The second-order valence-corrected chi connectivity index (χ2v) is 7.18. The minimum absolute atomic E-state index is 0.0802. The molecule has 2 atom stereocenters. The number of anilines is 1. The van der Waals surface area contributed by atoms with Crippen molar-refractivity contribution in [3.63, 3.8) is 0 Å². The van der Waals surface area contributed by atoms with Crippen LogP contribution in [0.2, 0.25) is 0 Å². The largest absolute Gasteiger partial charge is 0.378 e. The summed E-state index contributed by atoms with van der Waals surface area (Å²) in [5.74, 6) is -1.45. The number of carbonyl (C=O) groups excluding carboxylic acids is 1. The third kappa shape index (κ3) is 4.17. The molecule has 0 aliphatic carbocycles. The number of hydrogen-bond donors (Lipinski definition) is 3. The molecule has 3 aromatic rings. The molecule has 3 heterocycles. The summed E-state index contributed by atoms with van der Waals surface area (Å²) in [6, 6.07) is 6.38. The number of pyridine rings is 1. The highest BCUT2D eigenvalue weighted by molar-refractivity contribution is 5.94. The second-order valence-electron chi connectivity index (χ2n) is 7.18. The molecule has 0 saturated carbocycles. The lowest BCUT2D eigenvalue weighted by molar-refractivity contribution is 0.0706. The zero-order chi connectivity index (χ0) is 21.1. The van der Waals surface area contributed by atoms with E-state index in [-0.39, 0.29) is 17.7 Å². The Labute approximate surface area is 173 Å². The fourth-order valence-corrected chi connectivity index (χ4v) is 3.60. The summed E-state index contributed by atoms with van der Waals surface area (Å²) in [6.45, 7) is 1.73. The number of nitrogens with one attached hydrogen (secondary N) is 2. The first kappa shape index (κ1) is 20.0. The van der Waals surface area contributed by atoms with Gasteiger partial charge in [-0.05, 0) is 36.7 Å². The Bertz CT molecular complexity index is 1050. The van der Waals surface area contributed by atoms with Crippen LogP contribution in [0.15, 0.2) is 49.1 Å². The molecule has 156 valence electrons. The molecule has 9 heteroatoms. The Kier molecular flexibility index (Phi) is 5.73. The fraction of sp³-hybridized carbons (Fsp3) is 0.286. The number of methoxy groups -OCH3 is 1. The highest BCUT2D eigenvalue weighted by atomic mass is 19.1. The van der Waals surface area contributed by atoms with Crippen LogP contribution in [0.3, 0.4) is 0 Å². The standard InChI is InChI=1S/C21H23FN6O2/c1-30-20-11-24-5-4-19(20)27-15-7-16(10-25-9-15)28-12-14(8-26-28)13-2-3-18(22)17(6-13)21(23)29/h2-3,6-10,12,19-20,24,27H,4-5,11H2,1H3,(H2,23,29)/t19-,20+/m0/s1. The summed E-state index contributed by atoms with van der Waals surface area (Å²) in [7, 11) is 1.71. The number of halogens is 1. The van der Waals surface area contributed by atoms with Crippen LogP contribution in [0.25, 0.3) is 16.8 Å². The maximum absolute atomic E-state index is 13.7. The molecule has 1 aliphatic heterocycles. The van der Waals surface area contributed by atoms with Gasteiger partial charge in [0.1, 0.15) is 5.82 Å². The van der Waals surface area contributed by atoms with Crippen LogP contribution in [0.5, 0.6) is 0 Å². The number of nitrogens with two attached hydrogens (primary N) is 1. The monoisotopic (exact) mass is 410 g/mol. The lowest BCUT2D eigenvalue weighted by Crippen LogP contribution is -2.48. The van der Waals surface area contributed by atoms with E-state index in [1.54, 1.807) is 42.6 Å². The van der Waals surface area contributed by atoms with Gasteiger partial charge in [0.2, 0.25) is 0 Å². The Hall–Kier alpha value is -3.30. The van der Waals surface area contributed by atoms with Gasteiger partial charge >= 0.3 is 0 Å². The molecule has 0 spiro atoms. The van der Waals surface area contributed by atoms with Crippen LogP contribution in [0.4, 0.5) is 10.1 Å². The molecule has 1 aromatic carbocycles. The van der Waals surface area contributed by atoms with Crippen molar-refractivity contribution in [1.82, 2.24) is 20.1 Å². The Morgan fingerprint density at radius 3 is 2.97 bits per heavy atom. The Morgan fingerprint density at radius 1 is 1.30 bits per heavy atom. The van der Waals surface area contributed by atoms with E-state index in [9.17, 15) is 9.18 Å². The van der Waals surface area contributed by atoms with Crippen molar-refractivity contribution in [2.45, 2.75) is 18.6 Å². The smallest absolute Gasteiger partial charge is 0.251 e. The van der Waals surface area contributed by atoms with E-state index < -0.39 is 11.7 Å². The van der Waals surface area contributed by atoms with Crippen molar-refractivity contribution in [3.05, 3.63) is 60.4 Å². The molecule has 0 bridgehead atoms. The molecule has 30 heavy (non-hydrogen) atoms. The van der Waals surface area contributed by atoms with Crippen LogP contribution in [-0.4, -0.2) is 53.0 Å². The number of hydrogen-bond acceptors (Lipinski definition) is 6. The van der Waals surface area contributed by atoms with Gasteiger partial charge in [0.25, 0.3) is 5.91 Å². The van der Waals surface area contributed by atoms with Gasteiger partial charge < -0.3 is 21.1 Å². The first-order chi connectivity index (χ1) is 14.5. The lowest BCUT2D eigenvalue weighted by atomic mass is 10.0. The minimum Gasteiger partial charge on any atom is -0.378 e. The average Bonchev–Trinajstić information content (AvgIpc) is 3.25. The maximum Gasteiger partial charge on any atom is 0.251 e. The number of piperidine rings is 1. The van der Waals surface area contributed by atoms with E-state index in [1.807, 2.05) is 6.07 Å². The van der Waals surface area contributed by atoms with Gasteiger partial charge in [-0.2, -0.15) is 5.10 Å². The molecule has 0 unspecified atom stereocenters. The quantitative estimate of drug-likeness (QED) is 0.574. The minimum atomic E-state index is -0.808. The number of benzene rings is 1. The van der Waals surface area contributed by atoms with E-state index in [4.69, 9.17) is 10.5 Å². The fourth-order valence-electron chi connectivity index (χ4n) is 3.60. The highest BCUT2D eigenvalue weighted by Gasteiger charge is 2.24. The number of ether oxygens (including phenoxy) is 1. The van der Waals surface area contributed by atoms with Crippen LogP contribution in [0.1, 0.15) is 16.8 Å². The van der Waals surface area contributed by atoms with Crippen LogP contribution in [-0.2, 0) is 4.74 Å². The first-order valence-electron chi connectivity index (χ1n) is 9.65. The number of rotatable bonds is 6. The number of amides is 1. The predicted molar refractivity (Wildman–Crippen MR) is 111 cm³/mol. The summed E-state index contributed by atoms with van der Waals surface area (Å²) in [4.78, 5) is 15.7. The molecule has 4 N–H and O–H groups in total. The molecule has 1 saturated heterocycles. The van der Waals surface area contributed by atoms with Gasteiger partial charge in [-0.1, -0.05) is 6.07 Å². The summed E-state index contributed by atoms with van der Waals surface area (Å²) < 4.78 is 21.0. The molecule has 0 radical (unpaired) electrons. The zero-order valence-corrected chi connectivity index (χ0v) is 16.5. The van der Waals surface area contributed by atoms with E-state index in [2.05, 4.69) is 20.7 Å². The summed E-state index contributed by atoms with van der Waals surface area (Å²) in [5.41, 5.74) is 8.11. The zero-order valence-electron chi connectivity index (χ0n) is 16.5. The number of carbonyl (C=O) groups is 1. The lowest BCUT2D eigenvalue weighted by Gasteiger charge is -2.32. The Balaban J connectivity index is 1.56. The van der Waals surface area contributed by atoms with Gasteiger partial charge in [0.15, 0.2) is 0 Å². The highest BCUT2D eigenvalue weighted by Crippen LogP contribution is 2.24. The van der Waals surface area contributed by atoms with Crippen LogP contribution in [0, 0.1) is 5.82 Å². The van der Waals surface area contributed by atoms with Crippen LogP contribution >= 0.6 is 0 Å². The molecule has 1 fully saturated rings. The third-order valence-electron chi connectivity index (χ3n) is 5.22. The van der Waals surface area contributed by atoms with Crippen LogP contribution < -0.4 is 16.4 Å². The maximum atomic E-state index is 13.7. The van der Waals surface area contributed by atoms with Crippen molar-refractivity contribution < 1.29 is 13.9 Å². The second kappa shape index (κ2) is 8.60. The summed E-state index contributed by atoms with van der Waals surface area (Å²) >= 11 is 0. The van der Waals surface area contributed by atoms with E-state index in [0.29, 0.717) is 5.56 Å². The van der Waals surface area contributed by atoms with Crippen molar-refractivity contribution in [2.75, 3.05) is 25.5 Å². The van der Waals surface area contributed by atoms with Crippen molar-refractivity contribution in [3.8, 4) is 16.8 Å². The summed E-state index contributed by atoms with van der Waals surface area (Å²) in [6.07, 6.45) is 7.94. The molecule has 8 nitrogen and oxygen atoms in total. The van der Waals surface area contributed by atoms with Gasteiger partial charge in [-0.15, -0.1) is 0 Å². The van der Waals surface area contributed by atoms with Crippen molar-refractivity contribution in [1.29, 1.82) is 0 Å². The molecular formula is C21H23FN6O2.